The number of nitrogens with one attached hydrogen (secondary N) is 1. The van der Waals surface area contributed by atoms with Crippen molar-refractivity contribution in [2.75, 3.05) is 19.5 Å². The molecule has 0 aromatic heterocycles. The van der Waals surface area contributed by atoms with Crippen LogP contribution in [0.25, 0.3) is 0 Å². The van der Waals surface area contributed by atoms with E-state index in [1.807, 2.05) is 6.07 Å². The molecule has 0 saturated carbocycles. The maximum atomic E-state index is 12.3. The highest BCUT2D eigenvalue weighted by Crippen LogP contribution is 2.18. The number of rotatable bonds is 4. The van der Waals surface area contributed by atoms with Crippen LogP contribution in [0.4, 0.5) is 5.69 Å². The molecule has 0 spiro atoms. The maximum Gasteiger partial charge on any atom is 0.337 e. The number of amides is 1. The maximum absolute atomic E-state index is 12.3. The summed E-state index contributed by atoms with van der Waals surface area (Å²) in [7, 11) is 2.41. The molecule has 0 saturated heterocycles. The minimum absolute atomic E-state index is 0.0893. The Kier molecular flexibility index (Phi) is 5.48. The van der Waals surface area contributed by atoms with Gasteiger partial charge < -0.3 is 14.8 Å². The normalized spacial score (nSPS) is 9.64. The van der Waals surface area contributed by atoms with E-state index in [1.54, 1.807) is 18.2 Å². The number of ether oxygens (including phenoxy) is 2. The zero-order chi connectivity index (χ0) is 18.4. The van der Waals surface area contributed by atoms with Crippen molar-refractivity contribution in [3.05, 3.63) is 64.7 Å². The highest BCUT2D eigenvalue weighted by Gasteiger charge is 2.15. The van der Waals surface area contributed by atoms with E-state index in [4.69, 9.17) is 5.26 Å². The first-order chi connectivity index (χ1) is 12.0. The Morgan fingerprint density at radius 1 is 0.920 bits per heavy atom. The summed E-state index contributed by atoms with van der Waals surface area (Å²) in [4.78, 5) is 35.8. The molecule has 0 aliphatic rings. The van der Waals surface area contributed by atoms with Crippen LogP contribution in [0.2, 0.25) is 0 Å². The van der Waals surface area contributed by atoms with E-state index in [0.717, 1.165) is 0 Å². The fraction of sp³-hybridized carbons (Fsp3) is 0.111. The molecule has 0 aliphatic carbocycles. The summed E-state index contributed by atoms with van der Waals surface area (Å²) in [6.45, 7) is 0. The Morgan fingerprint density at radius 3 is 2.04 bits per heavy atom. The first kappa shape index (κ1) is 17.7. The van der Waals surface area contributed by atoms with Gasteiger partial charge in [0.25, 0.3) is 5.91 Å². The number of hydrogen-bond donors (Lipinski definition) is 1. The number of carbonyl (C=O) groups excluding carboxylic acids is 3. The topological polar surface area (TPSA) is 105 Å². The Bertz CT molecular complexity index is 849. The average Bonchev–Trinajstić information content (AvgIpc) is 2.66. The molecule has 2 rings (SSSR count). The molecule has 0 fully saturated rings. The van der Waals surface area contributed by atoms with E-state index >= 15 is 0 Å². The lowest BCUT2D eigenvalue weighted by molar-refractivity contribution is 0.0599. The largest absolute Gasteiger partial charge is 0.465 e. The summed E-state index contributed by atoms with van der Waals surface area (Å²) < 4.78 is 9.28. The van der Waals surface area contributed by atoms with Crippen LogP contribution in [-0.4, -0.2) is 32.1 Å². The van der Waals surface area contributed by atoms with Gasteiger partial charge >= 0.3 is 11.9 Å². The predicted molar refractivity (Wildman–Crippen MR) is 88.2 cm³/mol. The van der Waals surface area contributed by atoms with Crippen LogP contribution in [0.1, 0.15) is 36.6 Å². The summed E-state index contributed by atoms with van der Waals surface area (Å²) in [5.74, 6) is -1.81. The molecule has 0 unspecified atom stereocenters. The molecule has 126 valence electrons. The number of benzene rings is 2. The number of carbonyl (C=O) groups is 3. The molecule has 0 heterocycles. The molecule has 0 radical (unpaired) electrons. The van der Waals surface area contributed by atoms with E-state index in [0.29, 0.717) is 5.56 Å². The van der Waals surface area contributed by atoms with E-state index in [-0.39, 0.29) is 22.4 Å². The molecule has 0 bridgehead atoms. The molecule has 2 aromatic rings. The van der Waals surface area contributed by atoms with Crippen molar-refractivity contribution in [3.8, 4) is 6.07 Å². The quantitative estimate of drug-likeness (QED) is 0.858. The average molecular weight is 338 g/mol. The summed E-state index contributed by atoms with van der Waals surface area (Å²) in [5.41, 5.74) is 1.00. The molecule has 2 aromatic carbocycles. The van der Waals surface area contributed by atoms with E-state index in [1.165, 1.54) is 38.5 Å². The zero-order valence-corrected chi connectivity index (χ0v) is 13.5. The Balaban J connectivity index is 2.37. The molecule has 1 amide bonds. The van der Waals surface area contributed by atoms with Crippen molar-refractivity contribution >= 4 is 23.5 Å². The third-order valence-electron chi connectivity index (χ3n) is 3.29. The van der Waals surface area contributed by atoms with Gasteiger partial charge in [-0.15, -0.1) is 0 Å². The monoisotopic (exact) mass is 338 g/mol. The number of esters is 2. The van der Waals surface area contributed by atoms with Gasteiger partial charge in [0, 0.05) is 11.3 Å². The highest BCUT2D eigenvalue weighted by atomic mass is 16.5. The van der Waals surface area contributed by atoms with Crippen LogP contribution in [0, 0.1) is 11.3 Å². The Hall–Kier alpha value is -3.66. The number of methoxy groups -OCH3 is 2. The second kappa shape index (κ2) is 7.75. The van der Waals surface area contributed by atoms with Crippen molar-refractivity contribution in [1.29, 1.82) is 5.26 Å². The lowest BCUT2D eigenvalue weighted by Crippen LogP contribution is -2.14. The Morgan fingerprint density at radius 2 is 1.52 bits per heavy atom. The first-order valence-corrected chi connectivity index (χ1v) is 7.11. The zero-order valence-electron chi connectivity index (χ0n) is 13.5. The standard InChI is InChI=1S/C18H14N2O5/c1-24-17(22)13-7-14(18(23)25-2)9-15(8-13)20-16(21)12-5-3-4-11(6-12)10-19/h3-9H,1-2H3,(H,20,21). The van der Waals surface area contributed by atoms with Gasteiger partial charge in [-0.1, -0.05) is 6.07 Å². The smallest absolute Gasteiger partial charge is 0.337 e. The lowest BCUT2D eigenvalue weighted by Gasteiger charge is -2.10. The summed E-state index contributed by atoms with van der Waals surface area (Å²) in [6.07, 6.45) is 0. The van der Waals surface area contributed by atoms with Crippen LogP contribution >= 0.6 is 0 Å². The van der Waals surface area contributed by atoms with Gasteiger partial charge in [-0.05, 0) is 36.4 Å². The second-order valence-corrected chi connectivity index (χ2v) is 4.93. The van der Waals surface area contributed by atoms with Gasteiger partial charge in [-0.2, -0.15) is 5.26 Å². The summed E-state index contributed by atoms with van der Waals surface area (Å²) >= 11 is 0. The van der Waals surface area contributed by atoms with Gasteiger partial charge in [0.15, 0.2) is 0 Å². The molecule has 0 aliphatic heterocycles. The van der Waals surface area contributed by atoms with E-state index in [9.17, 15) is 14.4 Å². The van der Waals surface area contributed by atoms with Crippen LogP contribution in [0.3, 0.4) is 0 Å². The summed E-state index contributed by atoms with van der Waals surface area (Å²) in [6, 6.07) is 12.1. The van der Waals surface area contributed by atoms with Crippen LogP contribution in [0.15, 0.2) is 42.5 Å². The van der Waals surface area contributed by atoms with Crippen molar-refractivity contribution < 1.29 is 23.9 Å². The lowest BCUT2D eigenvalue weighted by atomic mass is 10.1. The number of anilines is 1. The molecular weight excluding hydrogens is 324 g/mol. The predicted octanol–water partition coefficient (Wildman–Crippen LogP) is 2.38. The third-order valence-corrected chi connectivity index (χ3v) is 3.29. The van der Waals surface area contributed by atoms with Crippen molar-refractivity contribution in [1.82, 2.24) is 0 Å². The molecule has 7 nitrogen and oxygen atoms in total. The van der Waals surface area contributed by atoms with E-state index in [2.05, 4.69) is 14.8 Å². The Labute approximate surface area is 143 Å². The molecule has 7 heteroatoms. The second-order valence-electron chi connectivity index (χ2n) is 4.93. The fourth-order valence-electron chi connectivity index (χ4n) is 2.10. The number of nitriles is 1. The minimum atomic E-state index is -0.660. The first-order valence-electron chi connectivity index (χ1n) is 7.11. The van der Waals surface area contributed by atoms with Gasteiger partial charge in [0.1, 0.15) is 0 Å². The van der Waals surface area contributed by atoms with Crippen molar-refractivity contribution in [2.45, 2.75) is 0 Å². The highest BCUT2D eigenvalue weighted by molar-refractivity contribution is 6.06. The molecule has 1 N–H and O–H groups in total. The molecule has 25 heavy (non-hydrogen) atoms. The fourth-order valence-corrected chi connectivity index (χ4v) is 2.10. The van der Waals surface area contributed by atoms with Gasteiger partial charge in [0.05, 0.1) is 37.0 Å². The SMILES string of the molecule is COC(=O)c1cc(NC(=O)c2cccc(C#N)c2)cc(C(=O)OC)c1. The molecular formula is C18H14N2O5. The van der Waals surface area contributed by atoms with Gasteiger partial charge in [-0.25, -0.2) is 9.59 Å². The number of hydrogen-bond acceptors (Lipinski definition) is 6. The summed E-state index contributed by atoms with van der Waals surface area (Å²) in [5, 5.41) is 11.5. The number of nitrogens with zero attached hydrogens (tertiary/aromatic N) is 1. The van der Waals surface area contributed by atoms with Crippen LogP contribution in [-0.2, 0) is 9.47 Å². The van der Waals surface area contributed by atoms with Crippen LogP contribution in [0.5, 0.6) is 0 Å². The van der Waals surface area contributed by atoms with Crippen molar-refractivity contribution in [3.63, 3.8) is 0 Å². The van der Waals surface area contributed by atoms with Crippen molar-refractivity contribution in [2.24, 2.45) is 0 Å². The van der Waals surface area contributed by atoms with Gasteiger partial charge in [-0.3, -0.25) is 4.79 Å². The third kappa shape index (κ3) is 4.20. The molecule has 0 atom stereocenters. The minimum Gasteiger partial charge on any atom is -0.465 e. The van der Waals surface area contributed by atoms with E-state index < -0.39 is 17.8 Å². The van der Waals surface area contributed by atoms with Crippen LogP contribution < -0.4 is 5.32 Å². The van der Waals surface area contributed by atoms with Gasteiger partial charge in [0.2, 0.25) is 0 Å².